The van der Waals surface area contributed by atoms with Crippen molar-refractivity contribution in [2.45, 2.75) is 38.1 Å². The predicted octanol–water partition coefficient (Wildman–Crippen LogP) is 1.39. The lowest BCUT2D eigenvalue weighted by molar-refractivity contribution is -0.141. The van der Waals surface area contributed by atoms with Crippen molar-refractivity contribution >= 4 is 12.0 Å². The molecule has 0 radical (unpaired) electrons. The fraction of sp³-hybridized carbons (Fsp3) is 0.833. The van der Waals surface area contributed by atoms with Gasteiger partial charge in [0.15, 0.2) is 0 Å². The Kier molecular flexibility index (Phi) is 3.54. The second-order valence-electron chi connectivity index (χ2n) is 5.15. The number of urea groups is 1. The first-order valence-electron chi connectivity index (χ1n) is 6.34. The van der Waals surface area contributed by atoms with Gasteiger partial charge in [-0.15, -0.1) is 0 Å². The maximum absolute atomic E-state index is 12.1. The summed E-state index contributed by atoms with van der Waals surface area (Å²) in [6, 6.07) is -0.742. The number of carboxylic acids is 1. The van der Waals surface area contributed by atoms with Gasteiger partial charge < -0.3 is 14.9 Å². The second kappa shape index (κ2) is 4.94. The molecule has 1 heterocycles. The van der Waals surface area contributed by atoms with Crippen molar-refractivity contribution in [2.75, 3.05) is 20.1 Å². The molecule has 1 saturated carbocycles. The van der Waals surface area contributed by atoms with E-state index in [0.29, 0.717) is 18.9 Å². The van der Waals surface area contributed by atoms with Crippen molar-refractivity contribution in [3.05, 3.63) is 0 Å². The molecule has 96 valence electrons. The van der Waals surface area contributed by atoms with Gasteiger partial charge in [-0.1, -0.05) is 6.42 Å². The van der Waals surface area contributed by atoms with Crippen LogP contribution in [0, 0.1) is 5.92 Å². The first kappa shape index (κ1) is 12.2. The number of carboxylic acid groups (broad SMARTS) is 1. The minimum atomic E-state index is -0.882. The topological polar surface area (TPSA) is 60.9 Å². The van der Waals surface area contributed by atoms with E-state index in [0.717, 1.165) is 13.0 Å². The van der Waals surface area contributed by atoms with Crippen LogP contribution in [0.5, 0.6) is 0 Å². The Morgan fingerprint density at radius 2 is 2.00 bits per heavy atom. The molecule has 0 bridgehead atoms. The maximum atomic E-state index is 12.1. The number of amides is 2. The van der Waals surface area contributed by atoms with Crippen molar-refractivity contribution in [3.63, 3.8) is 0 Å². The van der Waals surface area contributed by atoms with Gasteiger partial charge in [0.25, 0.3) is 0 Å². The maximum Gasteiger partial charge on any atom is 0.326 e. The van der Waals surface area contributed by atoms with Crippen LogP contribution < -0.4 is 0 Å². The van der Waals surface area contributed by atoms with Crippen molar-refractivity contribution in [1.82, 2.24) is 9.80 Å². The van der Waals surface area contributed by atoms with E-state index in [-0.39, 0.29) is 6.03 Å². The molecule has 2 fully saturated rings. The van der Waals surface area contributed by atoms with Gasteiger partial charge in [-0.05, 0) is 31.6 Å². The smallest absolute Gasteiger partial charge is 0.326 e. The molecule has 0 aromatic carbocycles. The molecule has 0 aromatic heterocycles. The lowest BCUT2D eigenvalue weighted by atomic mass is 9.85. The summed E-state index contributed by atoms with van der Waals surface area (Å²) in [6.45, 7) is 1.34. The Hall–Kier alpha value is -1.26. The Morgan fingerprint density at radius 3 is 2.53 bits per heavy atom. The molecular weight excluding hydrogens is 220 g/mol. The first-order chi connectivity index (χ1) is 8.09. The number of likely N-dealkylation sites (tertiary alicyclic amines) is 1. The largest absolute Gasteiger partial charge is 0.480 e. The predicted molar refractivity (Wildman–Crippen MR) is 62.7 cm³/mol. The third kappa shape index (κ3) is 2.53. The van der Waals surface area contributed by atoms with Crippen molar-refractivity contribution < 1.29 is 14.7 Å². The highest BCUT2D eigenvalue weighted by Gasteiger charge is 2.36. The molecule has 1 aliphatic carbocycles. The van der Waals surface area contributed by atoms with Crippen molar-refractivity contribution in [1.29, 1.82) is 0 Å². The van der Waals surface area contributed by atoms with Crippen molar-refractivity contribution in [3.8, 4) is 0 Å². The number of nitrogens with zero attached hydrogens (tertiary/aromatic N) is 2. The van der Waals surface area contributed by atoms with Gasteiger partial charge in [0, 0.05) is 20.1 Å². The molecule has 0 aromatic rings. The molecule has 1 saturated heterocycles. The minimum absolute atomic E-state index is 0.123. The zero-order valence-electron chi connectivity index (χ0n) is 10.3. The molecular formula is C12H20N2O3. The number of hydrogen-bond acceptors (Lipinski definition) is 2. The van der Waals surface area contributed by atoms with Crippen LogP contribution >= 0.6 is 0 Å². The van der Waals surface area contributed by atoms with E-state index in [4.69, 9.17) is 5.11 Å². The lowest BCUT2D eigenvalue weighted by Crippen LogP contribution is -2.48. The standard InChI is InChI=1S/C12H20N2O3/c1-13(8-9-4-2-5-9)12(17)14-7-3-6-10(14)11(15)16/h9-10H,2-8H2,1H3,(H,15,16)/t10-/m0/s1. The van der Waals surface area contributed by atoms with Gasteiger partial charge >= 0.3 is 12.0 Å². The van der Waals surface area contributed by atoms with Crippen molar-refractivity contribution in [2.24, 2.45) is 5.92 Å². The first-order valence-corrected chi connectivity index (χ1v) is 6.34. The summed E-state index contributed by atoms with van der Waals surface area (Å²) in [7, 11) is 1.78. The number of carbonyl (C=O) groups is 2. The number of rotatable bonds is 3. The van der Waals surface area contributed by atoms with Crippen LogP contribution in [0.15, 0.2) is 0 Å². The second-order valence-corrected chi connectivity index (χ2v) is 5.15. The summed E-state index contributed by atoms with van der Waals surface area (Å²) in [5, 5.41) is 9.04. The average molecular weight is 240 g/mol. The SMILES string of the molecule is CN(CC1CCC1)C(=O)N1CCC[C@H]1C(=O)O. The van der Waals surface area contributed by atoms with Crippen LogP contribution in [-0.4, -0.2) is 53.1 Å². The Labute approximate surface area is 101 Å². The molecule has 2 rings (SSSR count). The zero-order chi connectivity index (χ0) is 12.4. The van der Waals surface area contributed by atoms with Gasteiger partial charge in [-0.25, -0.2) is 9.59 Å². The summed E-state index contributed by atoms with van der Waals surface area (Å²) in [5.74, 6) is -0.261. The summed E-state index contributed by atoms with van der Waals surface area (Å²) in [4.78, 5) is 26.3. The molecule has 1 N–H and O–H groups in total. The fourth-order valence-electron chi connectivity index (χ4n) is 2.61. The average Bonchev–Trinajstić information content (AvgIpc) is 2.70. The van der Waals surface area contributed by atoms with E-state index in [9.17, 15) is 9.59 Å². The fourth-order valence-corrected chi connectivity index (χ4v) is 2.61. The minimum Gasteiger partial charge on any atom is -0.480 e. The molecule has 1 atom stereocenters. The monoisotopic (exact) mass is 240 g/mol. The number of hydrogen-bond donors (Lipinski definition) is 1. The van der Waals surface area contributed by atoms with Crippen LogP contribution in [0.2, 0.25) is 0 Å². The molecule has 2 aliphatic rings. The van der Waals surface area contributed by atoms with Gasteiger partial charge in [-0.2, -0.15) is 0 Å². The molecule has 5 nitrogen and oxygen atoms in total. The quantitative estimate of drug-likeness (QED) is 0.810. The van der Waals surface area contributed by atoms with Crippen LogP contribution in [0.4, 0.5) is 4.79 Å². The Balaban J connectivity index is 1.90. The molecule has 0 spiro atoms. The Morgan fingerprint density at radius 1 is 1.29 bits per heavy atom. The van der Waals surface area contributed by atoms with Crippen LogP contribution in [0.1, 0.15) is 32.1 Å². The van der Waals surface area contributed by atoms with E-state index in [2.05, 4.69) is 0 Å². The third-order valence-corrected chi connectivity index (χ3v) is 3.87. The summed E-state index contributed by atoms with van der Waals surface area (Å²) < 4.78 is 0. The summed E-state index contributed by atoms with van der Waals surface area (Å²) >= 11 is 0. The third-order valence-electron chi connectivity index (χ3n) is 3.87. The van der Waals surface area contributed by atoms with Crippen LogP contribution in [0.25, 0.3) is 0 Å². The van der Waals surface area contributed by atoms with Gasteiger partial charge in [0.05, 0.1) is 0 Å². The van der Waals surface area contributed by atoms with E-state index >= 15 is 0 Å². The summed E-state index contributed by atoms with van der Waals surface area (Å²) in [6.07, 6.45) is 5.02. The van der Waals surface area contributed by atoms with Crippen LogP contribution in [0.3, 0.4) is 0 Å². The lowest BCUT2D eigenvalue weighted by Gasteiger charge is -2.33. The molecule has 0 unspecified atom stereocenters. The van der Waals surface area contributed by atoms with Crippen LogP contribution in [-0.2, 0) is 4.79 Å². The zero-order valence-corrected chi connectivity index (χ0v) is 10.3. The molecule has 2 amide bonds. The van der Waals surface area contributed by atoms with E-state index < -0.39 is 12.0 Å². The Bertz CT molecular complexity index is 315. The number of carbonyl (C=O) groups excluding carboxylic acids is 1. The molecule has 5 heteroatoms. The van der Waals surface area contributed by atoms with E-state index in [1.165, 1.54) is 24.2 Å². The highest BCUT2D eigenvalue weighted by atomic mass is 16.4. The highest BCUT2D eigenvalue weighted by Crippen LogP contribution is 2.27. The van der Waals surface area contributed by atoms with E-state index in [1.807, 2.05) is 0 Å². The van der Waals surface area contributed by atoms with Gasteiger partial charge in [0.2, 0.25) is 0 Å². The van der Waals surface area contributed by atoms with Gasteiger partial charge in [0.1, 0.15) is 6.04 Å². The van der Waals surface area contributed by atoms with E-state index in [1.54, 1.807) is 11.9 Å². The summed E-state index contributed by atoms with van der Waals surface area (Å²) in [5.41, 5.74) is 0. The number of aliphatic carboxylic acids is 1. The highest BCUT2D eigenvalue weighted by molar-refractivity contribution is 5.83. The molecule has 17 heavy (non-hydrogen) atoms. The van der Waals surface area contributed by atoms with Gasteiger partial charge in [-0.3, -0.25) is 0 Å². The molecule has 1 aliphatic heterocycles. The normalized spacial score (nSPS) is 24.5.